The summed E-state index contributed by atoms with van der Waals surface area (Å²) < 4.78 is 1.08. The Labute approximate surface area is 189 Å². The highest BCUT2D eigenvalue weighted by Gasteiger charge is 2.23. The predicted octanol–water partition coefficient (Wildman–Crippen LogP) is 3.92. The van der Waals surface area contributed by atoms with Crippen LogP contribution in [0, 0.1) is 10.1 Å². The third kappa shape index (κ3) is 6.06. The van der Waals surface area contributed by atoms with Gasteiger partial charge in [-0.3, -0.25) is 15.1 Å². The van der Waals surface area contributed by atoms with Gasteiger partial charge in [0.25, 0.3) is 5.69 Å². The number of aliphatic imine (C=N–C) groups is 1. The Morgan fingerprint density at radius 1 is 1.25 bits per heavy atom. The highest BCUT2D eigenvalue weighted by atomic mass is 127. The molecule has 9 heteroatoms. The standard InChI is InChI=1S/C19H22BrN5O2.HI/c1-21-19(22-12-14-2-6-18(7-3-14)25(26)27)23-16-10-11-24(13-16)17-8-4-15(20)5-9-17;/h2-9,16H,10-13H2,1H3,(H2,21,22,23);1H. The van der Waals surface area contributed by atoms with E-state index in [-0.39, 0.29) is 29.7 Å². The Balaban J connectivity index is 0.00000280. The summed E-state index contributed by atoms with van der Waals surface area (Å²) in [5.74, 6) is 0.732. The lowest BCUT2D eigenvalue weighted by molar-refractivity contribution is -0.384. The van der Waals surface area contributed by atoms with Crippen LogP contribution in [0.2, 0.25) is 0 Å². The van der Waals surface area contributed by atoms with Crippen molar-refractivity contribution in [3.05, 3.63) is 68.7 Å². The number of non-ortho nitro benzene ring substituents is 1. The number of nitro benzene ring substituents is 1. The molecule has 150 valence electrons. The van der Waals surface area contributed by atoms with Gasteiger partial charge in [-0.2, -0.15) is 0 Å². The van der Waals surface area contributed by atoms with Gasteiger partial charge in [-0.15, -0.1) is 24.0 Å². The number of benzene rings is 2. The molecule has 0 bridgehead atoms. The maximum Gasteiger partial charge on any atom is 0.269 e. The third-order valence-electron chi connectivity index (χ3n) is 4.55. The fraction of sp³-hybridized carbons (Fsp3) is 0.316. The fourth-order valence-corrected chi connectivity index (χ4v) is 3.34. The Morgan fingerprint density at radius 3 is 2.54 bits per heavy atom. The first-order valence-corrected chi connectivity index (χ1v) is 9.55. The summed E-state index contributed by atoms with van der Waals surface area (Å²) in [7, 11) is 1.74. The molecule has 1 heterocycles. The molecule has 2 N–H and O–H groups in total. The molecule has 28 heavy (non-hydrogen) atoms. The Bertz CT molecular complexity index is 814. The fourth-order valence-electron chi connectivity index (χ4n) is 3.07. The lowest BCUT2D eigenvalue weighted by atomic mass is 10.2. The summed E-state index contributed by atoms with van der Waals surface area (Å²) in [5.41, 5.74) is 2.28. The van der Waals surface area contributed by atoms with Crippen LogP contribution in [0.1, 0.15) is 12.0 Å². The molecule has 1 aliphatic rings. The van der Waals surface area contributed by atoms with Crippen molar-refractivity contribution in [3.63, 3.8) is 0 Å². The first-order valence-electron chi connectivity index (χ1n) is 8.76. The molecule has 7 nitrogen and oxygen atoms in total. The quantitative estimate of drug-likeness (QED) is 0.191. The molecule has 1 unspecified atom stereocenters. The summed E-state index contributed by atoms with van der Waals surface area (Å²) >= 11 is 3.47. The van der Waals surface area contributed by atoms with E-state index in [0.717, 1.165) is 35.5 Å². The molecule has 2 aromatic rings. The molecule has 1 aliphatic heterocycles. The van der Waals surface area contributed by atoms with Gasteiger partial charge in [-0.05, 0) is 36.2 Å². The molecule has 1 atom stereocenters. The molecular weight excluding hydrogens is 537 g/mol. The van der Waals surface area contributed by atoms with Gasteiger partial charge >= 0.3 is 0 Å². The van der Waals surface area contributed by atoms with E-state index < -0.39 is 4.92 Å². The molecule has 0 radical (unpaired) electrons. The second kappa shape index (κ2) is 10.6. The molecule has 0 amide bonds. The third-order valence-corrected chi connectivity index (χ3v) is 5.08. The summed E-state index contributed by atoms with van der Waals surface area (Å²) in [6, 6.07) is 15.2. The SMILES string of the molecule is CN=C(NCc1ccc([N+](=O)[O-])cc1)NC1CCN(c2ccc(Br)cc2)C1.I. The zero-order valence-electron chi connectivity index (χ0n) is 15.5. The number of nitrogens with zero attached hydrogens (tertiary/aromatic N) is 3. The normalized spacial score (nSPS) is 16.4. The van der Waals surface area contributed by atoms with Gasteiger partial charge in [-0.25, -0.2) is 0 Å². The number of nitrogens with one attached hydrogen (secondary N) is 2. The molecule has 0 aliphatic carbocycles. The molecule has 0 saturated carbocycles. The minimum absolute atomic E-state index is 0. The summed E-state index contributed by atoms with van der Waals surface area (Å²) in [4.78, 5) is 17.0. The van der Waals surface area contributed by atoms with Crippen LogP contribution in [0.15, 0.2) is 58.0 Å². The van der Waals surface area contributed by atoms with Crippen molar-refractivity contribution in [2.24, 2.45) is 4.99 Å². The first kappa shape index (κ1) is 22.4. The van der Waals surface area contributed by atoms with Gasteiger partial charge < -0.3 is 15.5 Å². The van der Waals surface area contributed by atoms with E-state index in [1.165, 1.54) is 17.8 Å². The number of nitro groups is 1. The number of halogens is 2. The van der Waals surface area contributed by atoms with Crippen molar-refractivity contribution in [1.29, 1.82) is 0 Å². The van der Waals surface area contributed by atoms with Crippen molar-refractivity contribution >= 4 is 57.2 Å². The van der Waals surface area contributed by atoms with Crippen molar-refractivity contribution in [2.75, 3.05) is 25.0 Å². The summed E-state index contributed by atoms with van der Waals surface area (Å²) in [5, 5.41) is 17.4. The monoisotopic (exact) mass is 559 g/mol. The van der Waals surface area contributed by atoms with Gasteiger partial charge in [0.15, 0.2) is 5.96 Å². The predicted molar refractivity (Wildman–Crippen MR) is 127 cm³/mol. The topological polar surface area (TPSA) is 82.8 Å². The van der Waals surface area contributed by atoms with Crippen LogP contribution >= 0.6 is 39.9 Å². The number of guanidine groups is 1. The van der Waals surface area contributed by atoms with E-state index in [4.69, 9.17) is 0 Å². The van der Waals surface area contributed by atoms with E-state index in [9.17, 15) is 10.1 Å². The van der Waals surface area contributed by atoms with Crippen molar-refractivity contribution in [3.8, 4) is 0 Å². The van der Waals surface area contributed by atoms with E-state index in [2.05, 4.69) is 60.7 Å². The highest BCUT2D eigenvalue weighted by Crippen LogP contribution is 2.22. The second-order valence-corrected chi connectivity index (χ2v) is 7.32. The maximum atomic E-state index is 10.7. The largest absolute Gasteiger partial charge is 0.369 e. The minimum atomic E-state index is -0.394. The van der Waals surface area contributed by atoms with Crippen LogP contribution in [-0.4, -0.2) is 37.1 Å². The lowest BCUT2D eigenvalue weighted by Gasteiger charge is -2.20. The zero-order valence-corrected chi connectivity index (χ0v) is 19.4. The van der Waals surface area contributed by atoms with Gasteiger partial charge in [-0.1, -0.05) is 28.1 Å². The molecular formula is C19H23BrIN5O2. The van der Waals surface area contributed by atoms with E-state index in [1.54, 1.807) is 19.2 Å². The molecule has 2 aromatic carbocycles. The number of hydrogen-bond donors (Lipinski definition) is 2. The number of rotatable bonds is 5. The maximum absolute atomic E-state index is 10.7. The molecule has 3 rings (SSSR count). The molecule has 0 spiro atoms. The molecule has 1 fully saturated rings. The highest BCUT2D eigenvalue weighted by molar-refractivity contribution is 14.0. The van der Waals surface area contributed by atoms with E-state index in [0.29, 0.717) is 12.6 Å². The van der Waals surface area contributed by atoms with Crippen LogP contribution < -0.4 is 15.5 Å². The Morgan fingerprint density at radius 2 is 1.93 bits per heavy atom. The van der Waals surface area contributed by atoms with Gasteiger partial charge in [0, 0.05) is 55.0 Å². The average Bonchev–Trinajstić information content (AvgIpc) is 3.14. The van der Waals surface area contributed by atoms with Crippen molar-refractivity contribution < 1.29 is 4.92 Å². The zero-order chi connectivity index (χ0) is 19.2. The van der Waals surface area contributed by atoms with Crippen molar-refractivity contribution in [1.82, 2.24) is 10.6 Å². The van der Waals surface area contributed by atoms with Gasteiger partial charge in [0.1, 0.15) is 0 Å². The van der Waals surface area contributed by atoms with Crippen molar-refractivity contribution in [2.45, 2.75) is 19.0 Å². The first-order chi connectivity index (χ1) is 13.0. The second-order valence-electron chi connectivity index (χ2n) is 6.40. The smallest absolute Gasteiger partial charge is 0.269 e. The van der Waals surface area contributed by atoms with E-state index in [1.807, 2.05) is 0 Å². The summed E-state index contributed by atoms with van der Waals surface area (Å²) in [6.45, 7) is 2.47. The van der Waals surface area contributed by atoms with Gasteiger partial charge in [0.2, 0.25) is 0 Å². The van der Waals surface area contributed by atoms with Crippen LogP contribution in [-0.2, 0) is 6.54 Å². The number of hydrogen-bond acceptors (Lipinski definition) is 4. The number of anilines is 1. The lowest BCUT2D eigenvalue weighted by Crippen LogP contribution is -2.44. The van der Waals surface area contributed by atoms with Crippen LogP contribution in [0.5, 0.6) is 0 Å². The molecule has 1 saturated heterocycles. The average molecular weight is 560 g/mol. The van der Waals surface area contributed by atoms with E-state index >= 15 is 0 Å². The van der Waals surface area contributed by atoms with Crippen LogP contribution in [0.25, 0.3) is 0 Å². The van der Waals surface area contributed by atoms with Gasteiger partial charge in [0.05, 0.1) is 4.92 Å². The minimum Gasteiger partial charge on any atom is -0.369 e. The molecule has 0 aromatic heterocycles. The van der Waals surface area contributed by atoms with Crippen LogP contribution in [0.4, 0.5) is 11.4 Å². The Kier molecular flexibility index (Phi) is 8.49. The summed E-state index contributed by atoms with van der Waals surface area (Å²) in [6.07, 6.45) is 1.04. The Hall–Kier alpha value is -1.88. The van der Waals surface area contributed by atoms with Crippen LogP contribution in [0.3, 0.4) is 0 Å².